The highest BCUT2D eigenvalue weighted by atomic mass is 79.9. The maximum absolute atomic E-state index is 14.3. The lowest BCUT2D eigenvalue weighted by Gasteiger charge is -2.46. The summed E-state index contributed by atoms with van der Waals surface area (Å²) in [5.41, 5.74) is 6.19. The van der Waals surface area contributed by atoms with Crippen molar-refractivity contribution < 1.29 is 14.3 Å². The molecule has 1 aliphatic heterocycles. The number of fused-ring (bicyclic) bond motifs is 1. The second kappa shape index (κ2) is 12.9. The molecule has 222 valence electrons. The topological polar surface area (TPSA) is 42.0 Å². The van der Waals surface area contributed by atoms with E-state index in [0.29, 0.717) is 38.1 Å². The summed E-state index contributed by atoms with van der Waals surface area (Å²) < 4.78 is 12.8. The van der Waals surface area contributed by atoms with Gasteiger partial charge in [0.25, 0.3) is 5.91 Å². The Morgan fingerprint density at radius 1 is 0.864 bits per heavy atom. The standard InChI is InChI=1S/C36H29BrCl2N2O3/c1-23-12-16-28(17-13-23)41-35(40(21-24-8-4-3-5-9-24)32-11-7-6-10-29(32)36(41)42)26-18-30(37)34(33(19-26)43-2)44-22-25-14-15-27(38)20-31(25)39/h3-20,35H,21-22H2,1-2H3/t35-/m1/s1. The maximum Gasteiger partial charge on any atom is 0.262 e. The summed E-state index contributed by atoms with van der Waals surface area (Å²) in [5, 5.41) is 1.08. The average Bonchev–Trinajstić information content (AvgIpc) is 3.03. The van der Waals surface area contributed by atoms with Crippen LogP contribution in [0.1, 0.15) is 38.8 Å². The van der Waals surface area contributed by atoms with Gasteiger partial charge in [-0.1, -0.05) is 89.4 Å². The van der Waals surface area contributed by atoms with Crippen LogP contribution in [0.25, 0.3) is 0 Å². The van der Waals surface area contributed by atoms with Gasteiger partial charge in [0.05, 0.1) is 22.8 Å². The van der Waals surface area contributed by atoms with Gasteiger partial charge in [-0.3, -0.25) is 9.69 Å². The van der Waals surface area contributed by atoms with Gasteiger partial charge in [-0.05, 0) is 76.9 Å². The second-order valence-corrected chi connectivity index (χ2v) is 12.3. The van der Waals surface area contributed by atoms with Gasteiger partial charge in [-0.25, -0.2) is 0 Å². The summed E-state index contributed by atoms with van der Waals surface area (Å²) in [6.45, 7) is 2.83. The molecule has 5 nitrogen and oxygen atoms in total. The van der Waals surface area contributed by atoms with Crippen LogP contribution in [0, 0.1) is 6.92 Å². The summed E-state index contributed by atoms with van der Waals surface area (Å²) in [6, 6.07) is 35.3. The molecule has 1 heterocycles. The van der Waals surface area contributed by atoms with E-state index < -0.39 is 6.17 Å². The molecule has 6 rings (SSSR count). The van der Waals surface area contributed by atoms with E-state index in [0.717, 1.165) is 33.6 Å². The molecule has 0 aliphatic carbocycles. The number of carbonyl (C=O) groups is 1. The summed E-state index contributed by atoms with van der Waals surface area (Å²) in [4.78, 5) is 18.4. The predicted octanol–water partition coefficient (Wildman–Crippen LogP) is 10.0. The van der Waals surface area contributed by atoms with Crippen LogP contribution in [-0.2, 0) is 13.2 Å². The Morgan fingerprint density at radius 2 is 1.59 bits per heavy atom. The minimum absolute atomic E-state index is 0.0773. The highest BCUT2D eigenvalue weighted by Gasteiger charge is 2.40. The normalized spacial score (nSPS) is 14.4. The van der Waals surface area contributed by atoms with Crippen molar-refractivity contribution in [1.29, 1.82) is 0 Å². The Morgan fingerprint density at radius 3 is 2.32 bits per heavy atom. The Kier molecular flexibility index (Phi) is 8.85. The smallest absolute Gasteiger partial charge is 0.262 e. The Bertz CT molecular complexity index is 1820. The molecule has 5 aromatic carbocycles. The van der Waals surface area contributed by atoms with E-state index in [4.69, 9.17) is 32.7 Å². The fourth-order valence-corrected chi connectivity index (χ4v) is 6.52. The van der Waals surface area contributed by atoms with Crippen LogP contribution in [0.4, 0.5) is 11.4 Å². The van der Waals surface area contributed by atoms with Crippen molar-refractivity contribution >= 4 is 56.4 Å². The van der Waals surface area contributed by atoms with Gasteiger partial charge in [-0.2, -0.15) is 0 Å². The number of methoxy groups -OCH3 is 1. The quantitative estimate of drug-likeness (QED) is 0.163. The second-order valence-electron chi connectivity index (χ2n) is 10.6. The molecule has 0 fully saturated rings. The highest BCUT2D eigenvalue weighted by Crippen LogP contribution is 2.46. The molecule has 0 saturated carbocycles. The van der Waals surface area contributed by atoms with Crippen LogP contribution in [0.15, 0.2) is 114 Å². The maximum atomic E-state index is 14.3. The van der Waals surface area contributed by atoms with E-state index in [9.17, 15) is 4.79 Å². The molecule has 8 heteroatoms. The number of hydrogen-bond acceptors (Lipinski definition) is 4. The minimum Gasteiger partial charge on any atom is -0.493 e. The number of aryl methyl sites for hydroxylation is 1. The highest BCUT2D eigenvalue weighted by molar-refractivity contribution is 9.10. The van der Waals surface area contributed by atoms with Gasteiger partial charge in [0.2, 0.25) is 0 Å². The SMILES string of the molecule is COc1cc([C@@H]2N(Cc3ccccc3)c3ccccc3C(=O)N2c2ccc(C)cc2)cc(Br)c1OCc1ccc(Cl)cc1Cl. The zero-order chi connectivity index (χ0) is 30.8. The van der Waals surface area contributed by atoms with Gasteiger partial charge in [0, 0.05) is 33.4 Å². The van der Waals surface area contributed by atoms with E-state index in [1.54, 1.807) is 19.2 Å². The Balaban J connectivity index is 1.48. The molecule has 1 amide bonds. The van der Waals surface area contributed by atoms with Crippen molar-refractivity contribution in [2.24, 2.45) is 0 Å². The Labute approximate surface area is 275 Å². The number of amides is 1. The minimum atomic E-state index is -0.495. The van der Waals surface area contributed by atoms with Gasteiger partial charge < -0.3 is 14.4 Å². The number of carbonyl (C=O) groups excluding carboxylic acids is 1. The zero-order valence-electron chi connectivity index (χ0n) is 24.1. The number of rotatable bonds is 8. The van der Waals surface area contributed by atoms with Gasteiger partial charge in [0.1, 0.15) is 12.8 Å². The van der Waals surface area contributed by atoms with Gasteiger partial charge in [0.15, 0.2) is 11.5 Å². The number of hydrogen-bond donors (Lipinski definition) is 0. The Hall–Kier alpha value is -3.97. The molecule has 0 unspecified atom stereocenters. The average molecular weight is 688 g/mol. The lowest BCUT2D eigenvalue weighted by atomic mass is 9.98. The fraction of sp³-hybridized carbons (Fsp3) is 0.139. The monoisotopic (exact) mass is 686 g/mol. The fourth-order valence-electron chi connectivity index (χ4n) is 5.48. The van der Waals surface area contributed by atoms with Crippen molar-refractivity contribution in [3.63, 3.8) is 0 Å². The molecular weight excluding hydrogens is 659 g/mol. The number of nitrogens with zero attached hydrogens (tertiary/aromatic N) is 2. The van der Waals surface area contributed by atoms with Crippen LogP contribution in [-0.4, -0.2) is 13.0 Å². The first-order valence-electron chi connectivity index (χ1n) is 14.1. The third-order valence-corrected chi connectivity index (χ3v) is 8.82. The predicted molar refractivity (Wildman–Crippen MR) is 181 cm³/mol. The van der Waals surface area contributed by atoms with Crippen molar-refractivity contribution in [3.8, 4) is 11.5 Å². The summed E-state index contributed by atoms with van der Waals surface area (Å²) in [6.07, 6.45) is -0.495. The number of para-hydroxylation sites is 1. The van der Waals surface area contributed by atoms with E-state index in [-0.39, 0.29) is 12.5 Å². The van der Waals surface area contributed by atoms with Crippen molar-refractivity contribution in [1.82, 2.24) is 0 Å². The van der Waals surface area contributed by atoms with Gasteiger partial charge >= 0.3 is 0 Å². The third kappa shape index (κ3) is 6.03. The zero-order valence-corrected chi connectivity index (χ0v) is 27.2. The lowest BCUT2D eigenvalue weighted by Crippen LogP contribution is -2.49. The molecule has 0 N–H and O–H groups in total. The largest absolute Gasteiger partial charge is 0.493 e. The molecule has 0 aromatic heterocycles. The van der Waals surface area contributed by atoms with Gasteiger partial charge in [-0.15, -0.1) is 0 Å². The first kappa shape index (κ1) is 30.1. The summed E-state index contributed by atoms with van der Waals surface area (Å²) in [7, 11) is 1.61. The van der Waals surface area contributed by atoms with E-state index >= 15 is 0 Å². The lowest BCUT2D eigenvalue weighted by molar-refractivity contribution is 0.0968. The molecule has 1 atom stereocenters. The molecule has 5 aromatic rings. The molecular formula is C36H29BrCl2N2O3. The molecule has 44 heavy (non-hydrogen) atoms. The van der Waals surface area contributed by atoms with Crippen LogP contribution in [0.2, 0.25) is 10.0 Å². The number of halogens is 3. The number of ether oxygens (including phenoxy) is 2. The van der Waals surface area contributed by atoms with Crippen LogP contribution < -0.4 is 19.3 Å². The molecule has 0 radical (unpaired) electrons. The first-order chi connectivity index (χ1) is 21.3. The van der Waals surface area contributed by atoms with E-state index in [2.05, 4.69) is 33.0 Å². The summed E-state index contributed by atoms with van der Waals surface area (Å²) in [5.74, 6) is 0.974. The molecule has 0 bridgehead atoms. The molecule has 1 aliphatic rings. The number of anilines is 2. The van der Waals surface area contributed by atoms with Crippen LogP contribution in [0.5, 0.6) is 11.5 Å². The first-order valence-corrected chi connectivity index (χ1v) is 15.6. The van der Waals surface area contributed by atoms with Crippen molar-refractivity contribution in [2.45, 2.75) is 26.2 Å². The molecule has 0 saturated heterocycles. The van der Waals surface area contributed by atoms with E-state index in [1.807, 2.05) is 96.8 Å². The van der Waals surface area contributed by atoms with Crippen LogP contribution in [0.3, 0.4) is 0 Å². The molecule has 0 spiro atoms. The number of benzene rings is 5. The summed E-state index contributed by atoms with van der Waals surface area (Å²) >= 11 is 16.2. The van der Waals surface area contributed by atoms with Crippen molar-refractivity contribution in [2.75, 3.05) is 16.9 Å². The third-order valence-electron chi connectivity index (χ3n) is 7.65. The van der Waals surface area contributed by atoms with E-state index in [1.165, 1.54) is 0 Å². The van der Waals surface area contributed by atoms with Crippen LogP contribution >= 0.6 is 39.1 Å². The van der Waals surface area contributed by atoms with Crippen molar-refractivity contribution in [3.05, 3.63) is 152 Å².